The van der Waals surface area contributed by atoms with E-state index < -0.39 is 0 Å². The summed E-state index contributed by atoms with van der Waals surface area (Å²) in [5.41, 5.74) is 2.36. The van der Waals surface area contributed by atoms with E-state index in [2.05, 4.69) is 10.3 Å². The second kappa shape index (κ2) is 5.33. The molecule has 1 aromatic heterocycles. The molecule has 0 saturated carbocycles. The van der Waals surface area contributed by atoms with E-state index in [1.165, 1.54) is 6.07 Å². The molecule has 0 aliphatic heterocycles. The normalized spacial score (nSPS) is 10.9. The molecule has 1 N–H and O–H groups in total. The molecule has 3 nitrogen and oxygen atoms in total. The van der Waals surface area contributed by atoms with Crippen LogP contribution in [0.15, 0.2) is 48.5 Å². The van der Waals surface area contributed by atoms with Gasteiger partial charge in [-0.05, 0) is 24.3 Å². The maximum Gasteiger partial charge on any atom is 0.151 e. The Kier molecular flexibility index (Phi) is 3.37. The summed E-state index contributed by atoms with van der Waals surface area (Å²) >= 11 is 0. The van der Waals surface area contributed by atoms with Crippen LogP contribution in [0.25, 0.3) is 11.0 Å². The first-order chi connectivity index (χ1) is 9.75. The summed E-state index contributed by atoms with van der Waals surface area (Å²) < 4.78 is 15.6. The number of imidazole rings is 1. The first kappa shape index (κ1) is 12.7. The Morgan fingerprint density at radius 1 is 1.10 bits per heavy atom. The molecule has 0 saturated heterocycles. The number of para-hydroxylation sites is 2. The molecule has 3 aromatic rings. The molecule has 0 aliphatic carbocycles. The van der Waals surface area contributed by atoms with Gasteiger partial charge in [0.15, 0.2) is 5.82 Å². The number of rotatable bonds is 4. The van der Waals surface area contributed by atoms with Gasteiger partial charge in [0.25, 0.3) is 0 Å². The van der Waals surface area contributed by atoms with Crippen LogP contribution >= 0.6 is 0 Å². The molecule has 0 amide bonds. The number of nitrogens with zero attached hydrogens (tertiary/aromatic N) is 2. The lowest BCUT2D eigenvalue weighted by Crippen LogP contribution is -2.08. The van der Waals surface area contributed by atoms with E-state index in [1.54, 1.807) is 6.07 Å². The number of halogens is 1. The van der Waals surface area contributed by atoms with Crippen LogP contribution in [0, 0.1) is 5.82 Å². The highest BCUT2D eigenvalue weighted by molar-refractivity contribution is 5.76. The topological polar surface area (TPSA) is 29.9 Å². The fourth-order valence-corrected chi connectivity index (χ4v) is 2.33. The predicted molar refractivity (Wildman–Crippen MR) is 79.3 cm³/mol. The van der Waals surface area contributed by atoms with Crippen LogP contribution in [-0.2, 0) is 13.5 Å². The molecule has 0 unspecified atom stereocenters. The van der Waals surface area contributed by atoms with Crippen molar-refractivity contribution in [2.45, 2.75) is 6.42 Å². The quantitative estimate of drug-likeness (QED) is 0.787. The maximum atomic E-state index is 13.7. The summed E-state index contributed by atoms with van der Waals surface area (Å²) in [5.74, 6) is 0.619. The minimum atomic E-state index is -0.264. The number of anilines is 1. The highest BCUT2D eigenvalue weighted by Gasteiger charge is 2.10. The largest absolute Gasteiger partial charge is 0.385 e. The summed E-state index contributed by atoms with van der Waals surface area (Å²) in [4.78, 5) is 4.39. The Balaban J connectivity index is 1.75. The number of fused-ring (bicyclic) bond motifs is 1. The molecule has 0 atom stereocenters. The van der Waals surface area contributed by atoms with Gasteiger partial charge in [0, 0.05) is 25.7 Å². The number of hydrogen-bond acceptors (Lipinski definition) is 2. The summed E-state index contributed by atoms with van der Waals surface area (Å²) in [6.45, 7) is 0.767. The number of aromatic nitrogens is 2. The van der Waals surface area contributed by atoms with Gasteiger partial charge in [0.2, 0.25) is 0 Å². The summed E-state index contributed by atoms with van der Waals surface area (Å²) in [6.07, 6.45) is 0.750. The van der Waals surface area contributed by atoms with Crippen LogP contribution in [-0.4, -0.2) is 16.1 Å². The van der Waals surface area contributed by atoms with E-state index in [4.69, 9.17) is 0 Å². The monoisotopic (exact) mass is 269 g/mol. The predicted octanol–water partition coefficient (Wildman–Crippen LogP) is 3.37. The molecule has 20 heavy (non-hydrogen) atoms. The Labute approximate surface area is 117 Å². The number of aryl methyl sites for hydroxylation is 1. The third-order valence-electron chi connectivity index (χ3n) is 3.41. The number of hydrogen-bond donors (Lipinski definition) is 1. The van der Waals surface area contributed by atoms with Crippen molar-refractivity contribution in [3.05, 3.63) is 60.2 Å². The Hall–Kier alpha value is -2.36. The Bertz CT molecular complexity index is 719. The van der Waals surface area contributed by atoms with Crippen molar-refractivity contribution in [2.24, 2.45) is 7.05 Å². The molecule has 0 fully saturated rings. The van der Waals surface area contributed by atoms with E-state index in [0.29, 0.717) is 5.52 Å². The van der Waals surface area contributed by atoms with Gasteiger partial charge in [-0.25, -0.2) is 9.37 Å². The van der Waals surface area contributed by atoms with Gasteiger partial charge in [-0.1, -0.05) is 24.3 Å². The minimum absolute atomic E-state index is 0.264. The van der Waals surface area contributed by atoms with Gasteiger partial charge >= 0.3 is 0 Å². The molecule has 0 aliphatic rings. The first-order valence-electron chi connectivity index (χ1n) is 6.64. The van der Waals surface area contributed by atoms with Crippen molar-refractivity contribution < 1.29 is 4.39 Å². The van der Waals surface area contributed by atoms with Gasteiger partial charge in [-0.3, -0.25) is 0 Å². The second-order valence-electron chi connectivity index (χ2n) is 4.74. The molecule has 102 valence electrons. The summed E-state index contributed by atoms with van der Waals surface area (Å²) in [6, 6.07) is 15.1. The molecule has 3 rings (SSSR count). The zero-order chi connectivity index (χ0) is 13.9. The summed E-state index contributed by atoms with van der Waals surface area (Å²) in [7, 11) is 1.92. The van der Waals surface area contributed by atoms with Crippen LogP contribution < -0.4 is 5.32 Å². The average Bonchev–Trinajstić information content (AvgIpc) is 2.79. The Morgan fingerprint density at radius 3 is 2.65 bits per heavy atom. The molecule has 0 radical (unpaired) electrons. The van der Waals surface area contributed by atoms with Crippen molar-refractivity contribution in [1.29, 1.82) is 0 Å². The lowest BCUT2D eigenvalue weighted by molar-refractivity contribution is 0.637. The number of nitrogens with one attached hydrogen (secondary N) is 1. The number of benzene rings is 2. The smallest absolute Gasteiger partial charge is 0.151 e. The minimum Gasteiger partial charge on any atom is -0.385 e. The molecule has 4 heteroatoms. The van der Waals surface area contributed by atoms with Crippen molar-refractivity contribution in [1.82, 2.24) is 9.55 Å². The standard InChI is InChI=1S/C16H16FN3/c1-20-14-9-5-8-13(17)16(14)19-15(20)10-11-18-12-6-3-2-4-7-12/h2-9,18H,10-11H2,1H3. The van der Waals surface area contributed by atoms with E-state index in [-0.39, 0.29) is 5.82 Å². The van der Waals surface area contributed by atoms with Crippen molar-refractivity contribution in [3.8, 4) is 0 Å². The SMILES string of the molecule is Cn1c(CCNc2ccccc2)nc2c(F)cccc21. The van der Waals surface area contributed by atoms with Crippen LogP contribution in [0.5, 0.6) is 0 Å². The summed E-state index contributed by atoms with van der Waals surface area (Å²) in [5, 5.41) is 3.33. The highest BCUT2D eigenvalue weighted by atomic mass is 19.1. The molecular weight excluding hydrogens is 253 g/mol. The molecule has 0 spiro atoms. The van der Waals surface area contributed by atoms with Crippen LogP contribution in [0.2, 0.25) is 0 Å². The lowest BCUT2D eigenvalue weighted by atomic mass is 10.3. The van der Waals surface area contributed by atoms with E-state index in [0.717, 1.165) is 30.0 Å². The fraction of sp³-hybridized carbons (Fsp3) is 0.188. The van der Waals surface area contributed by atoms with Gasteiger partial charge < -0.3 is 9.88 Å². The molecular formula is C16H16FN3. The van der Waals surface area contributed by atoms with Gasteiger partial charge in [0.1, 0.15) is 11.3 Å². The van der Waals surface area contributed by atoms with Crippen molar-refractivity contribution in [2.75, 3.05) is 11.9 Å². The molecule has 2 aromatic carbocycles. The second-order valence-corrected chi connectivity index (χ2v) is 4.74. The van der Waals surface area contributed by atoms with E-state index in [9.17, 15) is 4.39 Å². The maximum absolute atomic E-state index is 13.7. The lowest BCUT2D eigenvalue weighted by Gasteiger charge is -2.06. The zero-order valence-electron chi connectivity index (χ0n) is 11.3. The van der Waals surface area contributed by atoms with Crippen LogP contribution in [0.3, 0.4) is 0 Å². The van der Waals surface area contributed by atoms with Gasteiger partial charge in [0.05, 0.1) is 5.52 Å². The molecule has 1 heterocycles. The van der Waals surface area contributed by atoms with Gasteiger partial charge in [-0.2, -0.15) is 0 Å². The highest BCUT2D eigenvalue weighted by Crippen LogP contribution is 2.18. The third-order valence-corrected chi connectivity index (χ3v) is 3.41. The third kappa shape index (κ3) is 2.37. The van der Waals surface area contributed by atoms with E-state index in [1.807, 2.05) is 48.0 Å². The van der Waals surface area contributed by atoms with Crippen LogP contribution in [0.1, 0.15) is 5.82 Å². The average molecular weight is 269 g/mol. The molecule has 0 bridgehead atoms. The van der Waals surface area contributed by atoms with Crippen molar-refractivity contribution in [3.63, 3.8) is 0 Å². The van der Waals surface area contributed by atoms with Gasteiger partial charge in [-0.15, -0.1) is 0 Å². The fourth-order valence-electron chi connectivity index (χ4n) is 2.33. The van der Waals surface area contributed by atoms with Crippen LogP contribution in [0.4, 0.5) is 10.1 Å². The Morgan fingerprint density at radius 2 is 1.90 bits per heavy atom. The zero-order valence-corrected chi connectivity index (χ0v) is 11.3. The van der Waals surface area contributed by atoms with Crippen molar-refractivity contribution >= 4 is 16.7 Å². The first-order valence-corrected chi connectivity index (χ1v) is 6.64. The van der Waals surface area contributed by atoms with E-state index >= 15 is 0 Å².